The Labute approximate surface area is 188 Å². The lowest BCUT2D eigenvalue weighted by Crippen LogP contribution is -2.61. The molecule has 0 aliphatic carbocycles. The lowest BCUT2D eigenvalue weighted by atomic mass is 9.99. The van der Waals surface area contributed by atoms with Crippen LogP contribution in [-0.2, 0) is 9.53 Å². The number of aliphatic carboxylic acids is 1. The number of rotatable bonds is 4. The molecule has 13 nitrogen and oxygen atoms in total. The third-order valence-electron chi connectivity index (χ3n) is 5.24. The fraction of sp³-hybridized carbons (Fsp3) is 0.238. The van der Waals surface area contributed by atoms with Crippen LogP contribution in [0.4, 0.5) is 0 Å². The Hall–Kier alpha value is -4.04. The highest BCUT2D eigenvalue weighted by molar-refractivity contribution is 5.91. The third-order valence-corrected chi connectivity index (χ3v) is 5.24. The maximum Gasteiger partial charge on any atom is 0.335 e. The largest absolute Gasteiger partial charge is 0.504 e. The van der Waals surface area contributed by atoms with Crippen molar-refractivity contribution >= 4 is 16.9 Å². The van der Waals surface area contributed by atoms with Gasteiger partial charge in [0.05, 0.1) is 0 Å². The molecule has 2 aromatic carbocycles. The first-order chi connectivity index (χ1) is 16.0. The smallest absolute Gasteiger partial charge is 0.335 e. The summed E-state index contributed by atoms with van der Waals surface area (Å²) in [5, 5.41) is 78.2. The summed E-state index contributed by atoms with van der Waals surface area (Å²) in [5.41, 5.74) is -1.26. The van der Waals surface area contributed by atoms with E-state index < -0.39 is 81.8 Å². The van der Waals surface area contributed by atoms with Crippen molar-refractivity contribution in [3.05, 3.63) is 40.6 Å². The second-order valence-electron chi connectivity index (χ2n) is 7.48. The first-order valence-corrected chi connectivity index (χ1v) is 9.64. The molecular formula is C21H18O13. The summed E-state index contributed by atoms with van der Waals surface area (Å²) in [4.78, 5) is 24.2. The minimum absolute atomic E-state index is 0.131. The number of hydrogen-bond acceptors (Lipinski definition) is 12. The lowest BCUT2D eigenvalue weighted by molar-refractivity contribution is -0.270. The Morgan fingerprint density at radius 3 is 2.24 bits per heavy atom. The number of phenolic OH excluding ortho intramolecular Hbond substituents is 4. The van der Waals surface area contributed by atoms with Crippen molar-refractivity contribution < 1.29 is 59.5 Å². The summed E-state index contributed by atoms with van der Waals surface area (Å²) < 4.78 is 15.9. The fourth-order valence-corrected chi connectivity index (χ4v) is 3.46. The first kappa shape index (κ1) is 23.1. The average molecular weight is 478 g/mol. The molecule has 5 unspecified atom stereocenters. The second kappa shape index (κ2) is 8.39. The molecule has 1 aliphatic heterocycles. The molecule has 2 heterocycles. The van der Waals surface area contributed by atoms with E-state index in [1.165, 1.54) is 6.07 Å². The standard InChI is InChI=1S/C21H18O13/c22-7-2-1-6(3-8(7)23)11-4-9(24)13-12(5-10(25)14(26)18(13)32-11)33-21-17(29)15(27)16(28)19(34-21)20(30)31/h1-5,15-17,19,21-23,25-29H,(H,30,31). The molecule has 0 bridgehead atoms. The van der Waals surface area contributed by atoms with Crippen LogP contribution < -0.4 is 10.2 Å². The zero-order valence-electron chi connectivity index (χ0n) is 16.9. The van der Waals surface area contributed by atoms with Crippen LogP contribution in [-0.4, -0.2) is 77.5 Å². The molecule has 1 saturated heterocycles. The van der Waals surface area contributed by atoms with E-state index >= 15 is 0 Å². The SMILES string of the molecule is O=C(O)C1OC(Oc2cc(O)c(O)c3oc(-c4ccc(O)c(O)c4)cc(=O)c23)C(O)C(O)C1O. The van der Waals surface area contributed by atoms with Gasteiger partial charge in [0.1, 0.15) is 35.2 Å². The zero-order chi connectivity index (χ0) is 24.9. The zero-order valence-corrected chi connectivity index (χ0v) is 16.9. The van der Waals surface area contributed by atoms with Gasteiger partial charge in [-0.15, -0.1) is 0 Å². The van der Waals surface area contributed by atoms with Crippen molar-refractivity contribution in [2.45, 2.75) is 30.7 Å². The molecule has 0 radical (unpaired) electrons. The number of aliphatic hydroxyl groups excluding tert-OH is 3. The topological polar surface area (TPSA) is 228 Å². The monoisotopic (exact) mass is 478 g/mol. The summed E-state index contributed by atoms with van der Waals surface area (Å²) in [6.07, 6.45) is -9.80. The number of benzene rings is 2. The molecule has 0 saturated carbocycles. The molecule has 0 spiro atoms. The summed E-state index contributed by atoms with van der Waals surface area (Å²) in [6.45, 7) is 0. The van der Waals surface area contributed by atoms with Crippen molar-refractivity contribution in [3.63, 3.8) is 0 Å². The fourth-order valence-electron chi connectivity index (χ4n) is 3.46. The number of aromatic hydroxyl groups is 4. The number of carboxylic acids is 1. The number of aliphatic hydroxyl groups is 3. The van der Waals surface area contributed by atoms with Crippen LogP contribution in [0.1, 0.15) is 0 Å². The third kappa shape index (κ3) is 3.82. The van der Waals surface area contributed by atoms with Crippen molar-refractivity contribution in [2.75, 3.05) is 0 Å². The highest BCUT2D eigenvalue weighted by atomic mass is 16.7. The van der Waals surface area contributed by atoms with Gasteiger partial charge < -0.3 is 54.7 Å². The van der Waals surface area contributed by atoms with Gasteiger partial charge >= 0.3 is 5.97 Å². The maximum atomic E-state index is 12.9. The normalized spacial score (nSPS) is 24.7. The van der Waals surface area contributed by atoms with Crippen molar-refractivity contribution in [2.24, 2.45) is 0 Å². The van der Waals surface area contributed by atoms with Crippen molar-refractivity contribution in [3.8, 4) is 40.1 Å². The predicted octanol–water partition coefficient (Wildman–Crippen LogP) is -0.447. The quantitative estimate of drug-likeness (QED) is 0.223. The van der Waals surface area contributed by atoms with Crippen LogP contribution in [0.2, 0.25) is 0 Å². The maximum absolute atomic E-state index is 12.9. The van der Waals surface area contributed by atoms with E-state index in [-0.39, 0.29) is 11.3 Å². The summed E-state index contributed by atoms with van der Waals surface area (Å²) in [5.74, 6) is -4.95. The molecule has 4 rings (SSSR count). The van der Waals surface area contributed by atoms with Gasteiger partial charge in [0.15, 0.2) is 34.4 Å². The van der Waals surface area contributed by atoms with Gasteiger partial charge in [0.2, 0.25) is 12.0 Å². The molecule has 3 aromatic rings. The van der Waals surface area contributed by atoms with E-state index in [0.29, 0.717) is 0 Å². The summed E-state index contributed by atoms with van der Waals surface area (Å²) >= 11 is 0. The van der Waals surface area contributed by atoms with E-state index in [1.54, 1.807) is 0 Å². The van der Waals surface area contributed by atoms with Crippen LogP contribution >= 0.6 is 0 Å². The number of phenols is 4. The van der Waals surface area contributed by atoms with E-state index in [1.807, 2.05) is 0 Å². The van der Waals surface area contributed by atoms with Gasteiger partial charge in [0, 0.05) is 17.7 Å². The van der Waals surface area contributed by atoms with Crippen LogP contribution in [0.15, 0.2) is 39.5 Å². The van der Waals surface area contributed by atoms with E-state index in [0.717, 1.165) is 24.3 Å². The number of ether oxygens (including phenoxy) is 2. The van der Waals surface area contributed by atoms with Gasteiger partial charge in [0.25, 0.3) is 0 Å². The van der Waals surface area contributed by atoms with Crippen LogP contribution in [0.5, 0.6) is 28.7 Å². The predicted molar refractivity (Wildman–Crippen MR) is 110 cm³/mol. The average Bonchev–Trinajstić information content (AvgIpc) is 2.78. The number of carbonyl (C=O) groups is 1. The van der Waals surface area contributed by atoms with E-state index in [2.05, 4.69) is 0 Å². The van der Waals surface area contributed by atoms with E-state index in [9.17, 15) is 45.3 Å². The van der Waals surface area contributed by atoms with Crippen LogP contribution in [0.25, 0.3) is 22.3 Å². The molecule has 180 valence electrons. The Morgan fingerprint density at radius 1 is 0.882 bits per heavy atom. The molecule has 13 heteroatoms. The van der Waals surface area contributed by atoms with Gasteiger partial charge in [-0.25, -0.2) is 4.79 Å². The highest BCUT2D eigenvalue weighted by Crippen LogP contribution is 2.41. The van der Waals surface area contributed by atoms with Crippen LogP contribution in [0, 0.1) is 0 Å². The molecule has 1 fully saturated rings. The number of hydrogen-bond donors (Lipinski definition) is 8. The van der Waals surface area contributed by atoms with Gasteiger partial charge in [-0.05, 0) is 18.2 Å². The lowest BCUT2D eigenvalue weighted by Gasteiger charge is -2.38. The Bertz CT molecular complexity index is 1330. The minimum atomic E-state index is -1.98. The number of fused-ring (bicyclic) bond motifs is 1. The molecule has 0 amide bonds. The Kier molecular flexibility index (Phi) is 5.70. The van der Waals surface area contributed by atoms with Gasteiger partial charge in [-0.2, -0.15) is 0 Å². The van der Waals surface area contributed by atoms with Crippen molar-refractivity contribution in [1.29, 1.82) is 0 Å². The molecule has 34 heavy (non-hydrogen) atoms. The molecule has 5 atom stereocenters. The van der Waals surface area contributed by atoms with Crippen molar-refractivity contribution in [1.82, 2.24) is 0 Å². The molecule has 1 aliphatic rings. The molecular weight excluding hydrogens is 460 g/mol. The first-order valence-electron chi connectivity index (χ1n) is 9.64. The Morgan fingerprint density at radius 2 is 1.59 bits per heavy atom. The minimum Gasteiger partial charge on any atom is -0.504 e. The molecule has 8 N–H and O–H groups in total. The Balaban J connectivity index is 1.81. The number of carboxylic acid groups (broad SMARTS) is 1. The van der Waals surface area contributed by atoms with Crippen LogP contribution in [0.3, 0.4) is 0 Å². The summed E-state index contributed by atoms with van der Waals surface area (Å²) in [6, 6.07) is 5.26. The van der Waals surface area contributed by atoms with Gasteiger partial charge in [-0.3, -0.25) is 4.79 Å². The van der Waals surface area contributed by atoms with E-state index in [4.69, 9.17) is 19.0 Å². The highest BCUT2D eigenvalue weighted by Gasteiger charge is 2.48. The summed E-state index contributed by atoms with van der Waals surface area (Å²) in [7, 11) is 0. The van der Waals surface area contributed by atoms with Gasteiger partial charge in [-0.1, -0.05) is 0 Å². The molecule has 1 aromatic heterocycles. The second-order valence-corrected chi connectivity index (χ2v) is 7.48.